The summed E-state index contributed by atoms with van der Waals surface area (Å²) in [5.41, 5.74) is 5.95. The van der Waals surface area contributed by atoms with Crippen LogP contribution in [0, 0.1) is 20.8 Å². The summed E-state index contributed by atoms with van der Waals surface area (Å²) < 4.78 is 9.83. The molecule has 0 atom stereocenters. The van der Waals surface area contributed by atoms with Gasteiger partial charge in [0.05, 0.1) is 40.3 Å². The van der Waals surface area contributed by atoms with Crippen molar-refractivity contribution < 1.29 is 14.3 Å². The maximum atomic E-state index is 14.5. The van der Waals surface area contributed by atoms with Gasteiger partial charge in [-0.05, 0) is 63.6 Å². The van der Waals surface area contributed by atoms with E-state index in [0.29, 0.717) is 28.2 Å². The zero-order valence-electron chi connectivity index (χ0n) is 27.1. The minimum atomic E-state index is -0.600. The highest BCUT2D eigenvalue weighted by atomic mass is 16.5. The lowest BCUT2D eigenvalue weighted by Gasteiger charge is -2.12. The molecule has 0 aliphatic rings. The van der Waals surface area contributed by atoms with E-state index in [0.717, 1.165) is 22.4 Å². The summed E-state index contributed by atoms with van der Waals surface area (Å²) in [7, 11) is 0. The van der Waals surface area contributed by atoms with Gasteiger partial charge in [-0.15, -0.1) is 5.10 Å². The molecule has 48 heavy (non-hydrogen) atoms. The molecular formula is C37H31N7O4. The van der Waals surface area contributed by atoms with Crippen LogP contribution >= 0.6 is 0 Å². The maximum Gasteiger partial charge on any atom is 0.359 e. The van der Waals surface area contributed by atoms with E-state index in [9.17, 15) is 14.4 Å². The van der Waals surface area contributed by atoms with Gasteiger partial charge in [-0.1, -0.05) is 65.7 Å². The van der Waals surface area contributed by atoms with Crippen molar-refractivity contribution >= 4 is 28.6 Å². The van der Waals surface area contributed by atoms with Crippen molar-refractivity contribution in [2.24, 2.45) is 0 Å². The number of aromatic nitrogens is 7. The number of hydrogen-bond acceptors (Lipinski definition) is 8. The fraction of sp³-hybridized carbons (Fsp3) is 0.162. The normalized spacial score (nSPS) is 11.4. The third-order valence-electron chi connectivity index (χ3n) is 8.22. The Morgan fingerprint density at radius 2 is 1.44 bits per heavy atom. The Bertz CT molecular complexity index is 2440. The van der Waals surface area contributed by atoms with Crippen molar-refractivity contribution in [3.63, 3.8) is 0 Å². The quantitative estimate of drug-likeness (QED) is 0.148. The summed E-state index contributed by atoms with van der Waals surface area (Å²) in [5.74, 6) is -0.914. The number of hydrogen-bond donors (Lipinski definition) is 0. The number of ketones is 1. The zero-order chi connectivity index (χ0) is 33.7. The first-order chi connectivity index (χ1) is 23.2. The van der Waals surface area contributed by atoms with Gasteiger partial charge in [0.25, 0.3) is 5.56 Å². The van der Waals surface area contributed by atoms with Crippen molar-refractivity contribution in [3.8, 4) is 33.8 Å². The van der Waals surface area contributed by atoms with Crippen LogP contribution in [0.15, 0.2) is 89.7 Å². The lowest BCUT2D eigenvalue weighted by molar-refractivity contribution is 0.0519. The van der Waals surface area contributed by atoms with Gasteiger partial charge in [0.15, 0.2) is 17.1 Å². The van der Waals surface area contributed by atoms with Crippen molar-refractivity contribution in [2.45, 2.75) is 34.6 Å². The van der Waals surface area contributed by atoms with E-state index < -0.39 is 17.3 Å². The van der Waals surface area contributed by atoms with Crippen molar-refractivity contribution in [1.82, 2.24) is 33.9 Å². The minimum Gasteiger partial charge on any atom is -0.461 e. The molecule has 7 rings (SSSR count). The van der Waals surface area contributed by atoms with Gasteiger partial charge < -0.3 is 4.74 Å². The summed E-state index contributed by atoms with van der Waals surface area (Å²) in [6, 6.07) is 26.4. The molecule has 0 unspecified atom stereocenters. The molecule has 11 nitrogen and oxygen atoms in total. The molecule has 0 radical (unpaired) electrons. The summed E-state index contributed by atoms with van der Waals surface area (Å²) in [5, 5.41) is 9.43. The Hall–Kier alpha value is -6.23. The predicted octanol–water partition coefficient (Wildman–Crippen LogP) is 6.25. The molecule has 0 N–H and O–H groups in total. The summed E-state index contributed by atoms with van der Waals surface area (Å²) in [4.78, 5) is 50.5. The first-order valence-electron chi connectivity index (χ1n) is 15.5. The number of pyridine rings is 1. The van der Waals surface area contributed by atoms with Gasteiger partial charge in [0.2, 0.25) is 11.6 Å². The van der Waals surface area contributed by atoms with Crippen LogP contribution in [-0.2, 0) is 4.74 Å². The number of fused-ring (bicyclic) bond motifs is 2. The number of carbonyl (C=O) groups is 2. The number of rotatable bonds is 7. The van der Waals surface area contributed by atoms with Gasteiger partial charge in [-0.2, -0.15) is 14.8 Å². The second-order valence-corrected chi connectivity index (χ2v) is 11.6. The molecule has 7 aromatic rings. The van der Waals surface area contributed by atoms with Crippen LogP contribution in [0.3, 0.4) is 0 Å². The summed E-state index contributed by atoms with van der Waals surface area (Å²) >= 11 is 0. The molecule has 0 amide bonds. The van der Waals surface area contributed by atoms with Crippen molar-refractivity contribution in [1.29, 1.82) is 0 Å². The average Bonchev–Trinajstić information content (AvgIpc) is 3.64. The molecular weight excluding hydrogens is 606 g/mol. The number of para-hydroxylation sites is 1. The van der Waals surface area contributed by atoms with Gasteiger partial charge in [0.1, 0.15) is 0 Å². The smallest absolute Gasteiger partial charge is 0.359 e. The molecule has 0 saturated carbocycles. The molecule has 0 bridgehead atoms. The van der Waals surface area contributed by atoms with E-state index in [1.807, 2.05) is 99.6 Å². The van der Waals surface area contributed by atoms with Crippen LogP contribution in [0.4, 0.5) is 0 Å². The van der Waals surface area contributed by atoms with Gasteiger partial charge in [0, 0.05) is 12.5 Å². The number of nitrogens with zero attached hydrogens (tertiary/aromatic N) is 7. The second-order valence-electron chi connectivity index (χ2n) is 11.6. The van der Waals surface area contributed by atoms with Gasteiger partial charge >= 0.3 is 5.97 Å². The molecule has 0 aliphatic heterocycles. The van der Waals surface area contributed by atoms with Crippen molar-refractivity contribution in [3.05, 3.63) is 124 Å². The number of ether oxygens (including phenoxy) is 1. The first-order valence-corrected chi connectivity index (χ1v) is 15.5. The lowest BCUT2D eigenvalue weighted by Crippen LogP contribution is -2.20. The summed E-state index contributed by atoms with van der Waals surface area (Å²) in [6.07, 6.45) is 0. The van der Waals surface area contributed by atoms with E-state index >= 15 is 0 Å². The zero-order valence-corrected chi connectivity index (χ0v) is 27.1. The number of Topliss-reactive ketones (excluding diaryl/α,β-unsaturated/α-hetero) is 1. The molecule has 3 aromatic carbocycles. The largest absolute Gasteiger partial charge is 0.461 e. The van der Waals surface area contributed by atoms with E-state index in [1.54, 1.807) is 17.7 Å². The molecule has 4 heterocycles. The highest BCUT2D eigenvalue weighted by Crippen LogP contribution is 2.35. The van der Waals surface area contributed by atoms with E-state index in [4.69, 9.17) is 19.8 Å². The third-order valence-corrected chi connectivity index (χ3v) is 8.22. The Labute approximate surface area is 275 Å². The van der Waals surface area contributed by atoms with Crippen LogP contribution in [0.2, 0.25) is 0 Å². The number of esters is 1. The molecule has 0 aliphatic carbocycles. The third kappa shape index (κ3) is 5.05. The Morgan fingerprint density at radius 1 is 0.792 bits per heavy atom. The maximum absolute atomic E-state index is 14.5. The average molecular weight is 638 g/mol. The topological polar surface area (TPSA) is 126 Å². The number of carbonyl (C=O) groups excluding carboxylic acids is 2. The monoisotopic (exact) mass is 637 g/mol. The van der Waals surface area contributed by atoms with Crippen LogP contribution in [0.25, 0.3) is 50.6 Å². The fourth-order valence-electron chi connectivity index (χ4n) is 5.84. The summed E-state index contributed by atoms with van der Waals surface area (Å²) in [6.45, 7) is 9.09. The molecule has 238 valence electrons. The fourth-order valence-corrected chi connectivity index (χ4v) is 5.84. The molecule has 0 fully saturated rings. The lowest BCUT2D eigenvalue weighted by atomic mass is 9.98. The Morgan fingerprint density at radius 3 is 2.08 bits per heavy atom. The van der Waals surface area contributed by atoms with E-state index in [1.165, 1.54) is 16.0 Å². The van der Waals surface area contributed by atoms with Gasteiger partial charge in [-0.3, -0.25) is 9.59 Å². The SMILES string of the molecule is CCOC(=O)c1nn(-c2ccc(C)cc2)c(C)c1-c1cc(-c2ccc(C)cc2)c2c(=O)n3c(C(C)=O)nn(-c4ccccc4)c3nc2n1. The predicted molar refractivity (Wildman–Crippen MR) is 182 cm³/mol. The molecule has 0 spiro atoms. The van der Waals surface area contributed by atoms with E-state index in [-0.39, 0.29) is 34.9 Å². The van der Waals surface area contributed by atoms with Crippen LogP contribution in [0.5, 0.6) is 0 Å². The molecule has 0 saturated heterocycles. The van der Waals surface area contributed by atoms with E-state index in [2.05, 4.69) is 5.10 Å². The number of benzene rings is 3. The van der Waals surface area contributed by atoms with Gasteiger partial charge in [-0.25, -0.2) is 18.9 Å². The number of aryl methyl sites for hydroxylation is 2. The molecule has 11 heteroatoms. The van der Waals surface area contributed by atoms with Crippen LogP contribution < -0.4 is 5.56 Å². The van der Waals surface area contributed by atoms with Crippen LogP contribution in [-0.4, -0.2) is 52.3 Å². The first kappa shape index (κ1) is 30.4. The Kier molecular flexibility index (Phi) is 7.51. The highest BCUT2D eigenvalue weighted by Gasteiger charge is 2.28. The second kappa shape index (κ2) is 11.8. The standard InChI is InChI=1S/C37H31N7O4/c1-6-48-36(47)32-30(23(4)43(40-32)27-18-14-22(3)15-19-27)29-20-28(25-16-12-21(2)13-17-25)31-33(38-29)39-37-42(35(31)46)34(24(5)45)41-44(37)26-10-8-7-9-11-26/h7-20H,6H2,1-5H3. The minimum absolute atomic E-state index is 0.0491. The van der Waals surface area contributed by atoms with Crippen molar-refractivity contribution in [2.75, 3.05) is 6.61 Å². The molecule has 4 aromatic heterocycles. The van der Waals surface area contributed by atoms with Crippen LogP contribution in [0.1, 0.15) is 51.8 Å². The highest BCUT2D eigenvalue weighted by molar-refractivity contribution is 6.00. The Balaban J connectivity index is 1.60.